The molecule has 1 fully saturated rings. The molecular formula is C21H23BrN2O5. The van der Waals surface area contributed by atoms with E-state index in [9.17, 15) is 14.9 Å². The summed E-state index contributed by atoms with van der Waals surface area (Å²) in [7, 11) is 0. The predicted octanol–water partition coefficient (Wildman–Crippen LogP) is 5.09. The third-order valence-electron chi connectivity index (χ3n) is 5.00. The Morgan fingerprint density at radius 1 is 1.24 bits per heavy atom. The van der Waals surface area contributed by atoms with Gasteiger partial charge in [-0.25, -0.2) is 4.79 Å². The van der Waals surface area contributed by atoms with Crippen molar-refractivity contribution in [1.82, 2.24) is 4.90 Å². The molecular weight excluding hydrogens is 440 g/mol. The van der Waals surface area contributed by atoms with Crippen molar-refractivity contribution in [3.05, 3.63) is 68.2 Å². The largest absolute Gasteiger partial charge is 0.492 e. The van der Waals surface area contributed by atoms with E-state index in [-0.39, 0.29) is 18.4 Å². The average molecular weight is 463 g/mol. The van der Waals surface area contributed by atoms with Gasteiger partial charge in [0.25, 0.3) is 5.69 Å². The lowest BCUT2D eigenvalue weighted by Crippen LogP contribution is -2.40. The van der Waals surface area contributed by atoms with Gasteiger partial charge in [0.15, 0.2) is 0 Å². The minimum Gasteiger partial charge on any atom is -0.492 e. The van der Waals surface area contributed by atoms with Crippen LogP contribution < -0.4 is 4.74 Å². The molecule has 0 spiro atoms. The molecule has 154 valence electrons. The Balaban J connectivity index is 1.45. The molecule has 3 rings (SSSR count). The Hall–Kier alpha value is -2.61. The highest BCUT2D eigenvalue weighted by Crippen LogP contribution is 2.33. The number of nitro benzene ring substituents is 1. The monoisotopic (exact) mass is 462 g/mol. The van der Waals surface area contributed by atoms with Crippen molar-refractivity contribution in [3.8, 4) is 5.75 Å². The molecule has 0 atom stereocenters. The van der Waals surface area contributed by atoms with Gasteiger partial charge in [-0.3, -0.25) is 10.1 Å². The van der Waals surface area contributed by atoms with Crippen LogP contribution in [-0.4, -0.2) is 35.6 Å². The maximum absolute atomic E-state index is 12.2. The molecule has 0 N–H and O–H groups in total. The topological polar surface area (TPSA) is 81.9 Å². The second-order valence-corrected chi connectivity index (χ2v) is 7.96. The fourth-order valence-electron chi connectivity index (χ4n) is 3.25. The van der Waals surface area contributed by atoms with E-state index in [1.165, 1.54) is 6.07 Å². The number of benzene rings is 2. The number of piperidine rings is 1. The first-order valence-corrected chi connectivity index (χ1v) is 10.3. The molecule has 0 aliphatic carbocycles. The Kier molecular flexibility index (Phi) is 7.09. The number of rotatable bonds is 6. The lowest BCUT2D eigenvalue weighted by atomic mass is 9.98. The van der Waals surface area contributed by atoms with E-state index >= 15 is 0 Å². The van der Waals surface area contributed by atoms with Gasteiger partial charge in [-0.2, -0.15) is 0 Å². The fourth-order valence-corrected chi connectivity index (χ4v) is 3.70. The lowest BCUT2D eigenvalue weighted by molar-refractivity contribution is -0.385. The number of ether oxygens (including phenoxy) is 2. The van der Waals surface area contributed by atoms with Crippen LogP contribution in [0.4, 0.5) is 10.5 Å². The van der Waals surface area contributed by atoms with E-state index in [4.69, 9.17) is 9.47 Å². The summed E-state index contributed by atoms with van der Waals surface area (Å²) >= 11 is 3.34. The van der Waals surface area contributed by atoms with E-state index in [1.807, 2.05) is 30.3 Å². The van der Waals surface area contributed by atoms with Crippen LogP contribution >= 0.6 is 15.9 Å². The van der Waals surface area contributed by atoms with Crippen LogP contribution in [0.5, 0.6) is 5.75 Å². The molecule has 0 bridgehead atoms. The van der Waals surface area contributed by atoms with Gasteiger partial charge in [-0.1, -0.05) is 30.3 Å². The molecule has 1 saturated heterocycles. The Labute approximate surface area is 177 Å². The number of nitrogens with zero attached hydrogens (tertiary/aromatic N) is 2. The summed E-state index contributed by atoms with van der Waals surface area (Å²) in [4.78, 5) is 24.6. The zero-order chi connectivity index (χ0) is 20.8. The first-order valence-electron chi connectivity index (χ1n) is 9.47. The van der Waals surface area contributed by atoms with E-state index in [2.05, 4.69) is 15.9 Å². The van der Waals surface area contributed by atoms with Crippen molar-refractivity contribution in [2.45, 2.75) is 26.4 Å². The summed E-state index contributed by atoms with van der Waals surface area (Å²) in [6.45, 7) is 3.72. The number of amides is 1. The molecule has 0 unspecified atom stereocenters. The summed E-state index contributed by atoms with van der Waals surface area (Å²) in [6.07, 6.45) is 1.36. The number of likely N-dealkylation sites (tertiary alicyclic amines) is 1. The van der Waals surface area contributed by atoms with Crippen LogP contribution in [-0.2, 0) is 11.3 Å². The summed E-state index contributed by atoms with van der Waals surface area (Å²) in [5.41, 5.74) is 1.59. The number of nitro groups is 1. The van der Waals surface area contributed by atoms with Crippen molar-refractivity contribution in [2.75, 3.05) is 19.7 Å². The van der Waals surface area contributed by atoms with Gasteiger partial charge in [0.1, 0.15) is 12.4 Å². The summed E-state index contributed by atoms with van der Waals surface area (Å²) in [6, 6.07) is 12.8. The Morgan fingerprint density at radius 2 is 1.93 bits per heavy atom. The molecule has 8 heteroatoms. The number of carbonyl (C=O) groups excluding carboxylic acids is 1. The minimum atomic E-state index is -0.406. The van der Waals surface area contributed by atoms with Crippen LogP contribution in [0.2, 0.25) is 0 Å². The third-order valence-corrected chi connectivity index (χ3v) is 5.62. The highest BCUT2D eigenvalue weighted by atomic mass is 79.9. The zero-order valence-electron chi connectivity index (χ0n) is 16.2. The van der Waals surface area contributed by atoms with Gasteiger partial charge >= 0.3 is 6.09 Å². The first kappa shape index (κ1) is 21.1. The summed E-state index contributed by atoms with van der Waals surface area (Å²) < 4.78 is 11.8. The van der Waals surface area contributed by atoms with Crippen molar-refractivity contribution in [1.29, 1.82) is 0 Å². The fraction of sp³-hybridized carbons (Fsp3) is 0.381. The van der Waals surface area contributed by atoms with Crippen molar-refractivity contribution in [2.24, 2.45) is 5.92 Å². The molecule has 0 aromatic heterocycles. The smallest absolute Gasteiger partial charge is 0.410 e. The van der Waals surface area contributed by atoms with E-state index in [0.717, 1.165) is 18.4 Å². The van der Waals surface area contributed by atoms with Gasteiger partial charge in [-0.05, 0) is 53.2 Å². The van der Waals surface area contributed by atoms with Crippen molar-refractivity contribution < 1.29 is 19.2 Å². The van der Waals surface area contributed by atoms with Crippen LogP contribution in [0.25, 0.3) is 0 Å². The van der Waals surface area contributed by atoms with Gasteiger partial charge in [0.05, 0.1) is 16.0 Å². The molecule has 1 aliphatic rings. The van der Waals surface area contributed by atoms with Crippen LogP contribution in [0.1, 0.15) is 24.0 Å². The van der Waals surface area contributed by atoms with Crippen molar-refractivity contribution >= 4 is 27.7 Å². The second-order valence-electron chi connectivity index (χ2n) is 7.11. The quantitative estimate of drug-likeness (QED) is 0.440. The van der Waals surface area contributed by atoms with E-state index < -0.39 is 4.92 Å². The molecule has 1 aliphatic heterocycles. The molecule has 1 amide bonds. The number of halogens is 1. The number of hydrogen-bond acceptors (Lipinski definition) is 5. The summed E-state index contributed by atoms with van der Waals surface area (Å²) in [5, 5.41) is 11.0. The third kappa shape index (κ3) is 5.69. The molecule has 0 radical (unpaired) electrons. The molecule has 2 aromatic rings. The Bertz CT molecular complexity index is 867. The highest BCUT2D eigenvalue weighted by Gasteiger charge is 2.25. The molecule has 29 heavy (non-hydrogen) atoms. The first-order chi connectivity index (χ1) is 13.9. The minimum absolute atomic E-state index is 0.0616. The second kappa shape index (κ2) is 9.73. The van der Waals surface area contributed by atoms with Gasteiger partial charge in [0, 0.05) is 24.7 Å². The Morgan fingerprint density at radius 3 is 2.59 bits per heavy atom. The van der Waals surface area contributed by atoms with E-state index in [1.54, 1.807) is 17.9 Å². The lowest BCUT2D eigenvalue weighted by Gasteiger charge is -2.31. The average Bonchev–Trinajstić information content (AvgIpc) is 2.73. The highest BCUT2D eigenvalue weighted by molar-refractivity contribution is 9.10. The molecule has 1 heterocycles. The van der Waals surface area contributed by atoms with E-state index in [0.29, 0.717) is 41.4 Å². The number of aryl methyl sites for hydroxylation is 1. The SMILES string of the molecule is Cc1cc(OCC2CCN(C(=O)OCc3ccccc3)CC2)c(Br)cc1[N+](=O)[O-]. The van der Waals surface area contributed by atoms with Gasteiger partial charge in [-0.15, -0.1) is 0 Å². The normalized spacial score (nSPS) is 14.5. The molecule has 7 nitrogen and oxygen atoms in total. The number of carbonyl (C=O) groups is 1. The molecule has 0 saturated carbocycles. The maximum atomic E-state index is 12.2. The summed E-state index contributed by atoms with van der Waals surface area (Å²) in [5.74, 6) is 0.911. The van der Waals surface area contributed by atoms with Crippen molar-refractivity contribution in [3.63, 3.8) is 0 Å². The number of hydrogen-bond donors (Lipinski definition) is 0. The van der Waals surface area contributed by atoms with Crippen LogP contribution in [0.3, 0.4) is 0 Å². The predicted molar refractivity (Wildman–Crippen MR) is 112 cm³/mol. The van der Waals surface area contributed by atoms with Gasteiger partial charge < -0.3 is 14.4 Å². The molecule has 2 aromatic carbocycles. The zero-order valence-corrected chi connectivity index (χ0v) is 17.8. The van der Waals surface area contributed by atoms with Gasteiger partial charge in [0.2, 0.25) is 0 Å². The van der Waals surface area contributed by atoms with Crippen LogP contribution in [0.15, 0.2) is 46.9 Å². The van der Waals surface area contributed by atoms with Crippen LogP contribution in [0, 0.1) is 23.0 Å². The standard InChI is InChI=1S/C21H23BrN2O5/c1-15-11-20(18(22)12-19(15)24(26)27)28-13-17-7-9-23(10-8-17)21(25)29-14-16-5-3-2-4-6-16/h2-6,11-12,17H,7-10,13-14H2,1H3. The maximum Gasteiger partial charge on any atom is 0.410 e.